The lowest BCUT2D eigenvalue weighted by Gasteiger charge is -2.20. The maximum atomic E-state index is 9.02. The highest BCUT2D eigenvalue weighted by Gasteiger charge is 2.26. The molecule has 9 heavy (non-hydrogen) atoms. The molecule has 3 heteroatoms. The Labute approximate surface area is 59.5 Å². The van der Waals surface area contributed by atoms with Crippen LogP contribution in [0, 0.1) is 12.3 Å². The van der Waals surface area contributed by atoms with Gasteiger partial charge in [0.15, 0.2) is 0 Å². The molecule has 0 fully saturated rings. The average molecular weight is 149 g/mol. The first-order valence-corrected chi connectivity index (χ1v) is 3.02. The maximum Gasteiger partial charge on any atom is 0.149 e. The van der Waals surface area contributed by atoms with Crippen LogP contribution in [0.3, 0.4) is 0 Å². The Hall–Kier alpha value is -0.230. The molecule has 2 N–H and O–H groups in total. The van der Waals surface area contributed by atoms with Crippen molar-refractivity contribution >= 4 is 11.6 Å². The highest BCUT2D eigenvalue weighted by molar-refractivity contribution is 6.18. The van der Waals surface area contributed by atoms with Crippen molar-refractivity contribution in [1.82, 2.24) is 0 Å². The number of rotatable bonds is 2. The SMILES string of the molecule is C#C[C@](C)(O)[C@H](O)CCl. The van der Waals surface area contributed by atoms with Crippen molar-refractivity contribution in [1.29, 1.82) is 0 Å². The zero-order chi connectivity index (χ0) is 7.49. The fourth-order valence-electron chi connectivity index (χ4n) is 0.246. The van der Waals surface area contributed by atoms with Crippen molar-refractivity contribution in [3.8, 4) is 12.3 Å². The van der Waals surface area contributed by atoms with Crippen molar-refractivity contribution in [3.05, 3.63) is 0 Å². The van der Waals surface area contributed by atoms with E-state index in [-0.39, 0.29) is 5.88 Å². The first kappa shape index (κ1) is 8.77. The number of hydrogen-bond acceptors (Lipinski definition) is 2. The van der Waals surface area contributed by atoms with E-state index in [1.165, 1.54) is 6.92 Å². The van der Waals surface area contributed by atoms with Crippen molar-refractivity contribution in [2.45, 2.75) is 18.6 Å². The molecule has 0 aliphatic carbocycles. The summed E-state index contributed by atoms with van der Waals surface area (Å²) >= 11 is 5.21. The molecule has 0 radical (unpaired) electrons. The van der Waals surface area contributed by atoms with E-state index in [0.29, 0.717) is 0 Å². The normalized spacial score (nSPS) is 19.9. The lowest BCUT2D eigenvalue weighted by molar-refractivity contribution is -0.00574. The summed E-state index contributed by atoms with van der Waals surface area (Å²) in [7, 11) is 0. The zero-order valence-electron chi connectivity index (χ0n) is 5.13. The van der Waals surface area contributed by atoms with E-state index in [1.807, 2.05) is 5.92 Å². The lowest BCUT2D eigenvalue weighted by atomic mass is 10.0. The Balaban J connectivity index is 4.01. The Bertz CT molecular complexity index is 126. The number of alkyl halides is 1. The van der Waals surface area contributed by atoms with Gasteiger partial charge in [0.2, 0.25) is 0 Å². The van der Waals surface area contributed by atoms with Gasteiger partial charge in [0, 0.05) is 0 Å². The van der Waals surface area contributed by atoms with E-state index in [0.717, 1.165) is 0 Å². The molecule has 2 atom stereocenters. The molecule has 0 saturated heterocycles. The second-order valence-electron chi connectivity index (χ2n) is 1.96. The standard InChI is InChI=1S/C6H9ClO2/c1-3-6(2,9)5(8)4-7/h1,5,8-9H,4H2,2H3/t5-,6+/m1/s1. The van der Waals surface area contributed by atoms with Crippen LogP contribution in [-0.4, -0.2) is 27.8 Å². The van der Waals surface area contributed by atoms with Gasteiger partial charge in [-0.1, -0.05) is 5.92 Å². The first-order chi connectivity index (χ1) is 4.04. The highest BCUT2D eigenvalue weighted by atomic mass is 35.5. The largest absolute Gasteiger partial charge is 0.388 e. The van der Waals surface area contributed by atoms with Gasteiger partial charge in [-0.05, 0) is 6.92 Å². The number of halogens is 1. The lowest BCUT2D eigenvalue weighted by Crippen LogP contribution is -2.38. The van der Waals surface area contributed by atoms with Crippen LogP contribution in [0.5, 0.6) is 0 Å². The predicted molar refractivity (Wildman–Crippen MR) is 36.2 cm³/mol. The summed E-state index contributed by atoms with van der Waals surface area (Å²) in [5.74, 6) is 1.95. The first-order valence-electron chi connectivity index (χ1n) is 2.48. The molecule has 0 saturated carbocycles. The number of aliphatic hydroxyl groups is 2. The molecule has 0 rings (SSSR count). The quantitative estimate of drug-likeness (QED) is 0.427. The van der Waals surface area contributed by atoms with Gasteiger partial charge in [-0.3, -0.25) is 0 Å². The molecule has 0 aliphatic heterocycles. The molecule has 0 aromatic heterocycles. The minimum Gasteiger partial charge on any atom is -0.388 e. The smallest absolute Gasteiger partial charge is 0.149 e. The summed E-state index contributed by atoms with van der Waals surface area (Å²) in [6.45, 7) is 1.33. The summed E-state index contributed by atoms with van der Waals surface area (Å²) in [5.41, 5.74) is -1.50. The Morgan fingerprint density at radius 3 is 2.44 bits per heavy atom. The van der Waals surface area contributed by atoms with Crippen LogP contribution < -0.4 is 0 Å². The van der Waals surface area contributed by atoms with E-state index in [1.54, 1.807) is 0 Å². The molecule has 0 amide bonds. The summed E-state index contributed by atoms with van der Waals surface area (Å²) < 4.78 is 0. The fourth-order valence-corrected chi connectivity index (χ4v) is 0.547. The second kappa shape index (κ2) is 3.07. The van der Waals surface area contributed by atoms with Crippen LogP contribution >= 0.6 is 11.6 Å². The van der Waals surface area contributed by atoms with Crippen molar-refractivity contribution < 1.29 is 10.2 Å². The van der Waals surface area contributed by atoms with Gasteiger partial charge in [0.25, 0.3) is 0 Å². The number of terminal acetylenes is 1. The van der Waals surface area contributed by atoms with Gasteiger partial charge in [-0.2, -0.15) is 0 Å². The zero-order valence-corrected chi connectivity index (χ0v) is 5.89. The minimum absolute atomic E-state index is 0.0583. The average Bonchev–Trinajstić information content (AvgIpc) is 1.86. The third kappa shape index (κ3) is 2.23. The van der Waals surface area contributed by atoms with Crippen LogP contribution in [0.1, 0.15) is 6.92 Å². The van der Waals surface area contributed by atoms with Crippen molar-refractivity contribution in [3.63, 3.8) is 0 Å². The van der Waals surface area contributed by atoms with E-state index in [2.05, 4.69) is 0 Å². The molecular weight excluding hydrogens is 140 g/mol. The van der Waals surface area contributed by atoms with E-state index in [4.69, 9.17) is 28.2 Å². The molecule has 2 nitrogen and oxygen atoms in total. The number of aliphatic hydroxyl groups excluding tert-OH is 1. The molecule has 0 aliphatic rings. The fraction of sp³-hybridized carbons (Fsp3) is 0.667. The molecule has 0 heterocycles. The molecule has 0 spiro atoms. The predicted octanol–water partition coefficient (Wildman–Crippen LogP) is -0.0297. The van der Waals surface area contributed by atoms with Gasteiger partial charge in [0.1, 0.15) is 11.7 Å². The summed E-state index contributed by atoms with van der Waals surface area (Å²) in [6.07, 6.45) is 3.81. The van der Waals surface area contributed by atoms with Crippen molar-refractivity contribution in [2.75, 3.05) is 5.88 Å². The summed E-state index contributed by atoms with van der Waals surface area (Å²) in [4.78, 5) is 0. The molecular formula is C6H9ClO2. The van der Waals surface area contributed by atoms with Gasteiger partial charge in [-0.15, -0.1) is 18.0 Å². The minimum atomic E-state index is -1.50. The van der Waals surface area contributed by atoms with Crippen LogP contribution in [-0.2, 0) is 0 Å². The second-order valence-corrected chi connectivity index (χ2v) is 2.27. The Kier molecular flexibility index (Phi) is 2.99. The van der Waals surface area contributed by atoms with Crippen molar-refractivity contribution in [2.24, 2.45) is 0 Å². The van der Waals surface area contributed by atoms with E-state index >= 15 is 0 Å². The molecule has 0 aromatic carbocycles. The van der Waals surface area contributed by atoms with E-state index in [9.17, 15) is 0 Å². The van der Waals surface area contributed by atoms with Gasteiger partial charge >= 0.3 is 0 Å². The van der Waals surface area contributed by atoms with Gasteiger partial charge in [-0.25, -0.2) is 0 Å². The van der Waals surface area contributed by atoms with E-state index < -0.39 is 11.7 Å². The highest BCUT2D eigenvalue weighted by Crippen LogP contribution is 2.08. The summed E-state index contributed by atoms with van der Waals surface area (Å²) in [6, 6.07) is 0. The monoisotopic (exact) mass is 148 g/mol. The summed E-state index contributed by atoms with van der Waals surface area (Å²) in [5, 5.41) is 17.9. The number of hydrogen-bond donors (Lipinski definition) is 2. The molecule has 0 bridgehead atoms. The van der Waals surface area contributed by atoms with Crippen LogP contribution in [0.25, 0.3) is 0 Å². The Morgan fingerprint density at radius 1 is 1.89 bits per heavy atom. The third-order valence-corrected chi connectivity index (χ3v) is 1.38. The molecule has 0 unspecified atom stereocenters. The topological polar surface area (TPSA) is 40.5 Å². The maximum absolute atomic E-state index is 9.02. The Morgan fingerprint density at radius 2 is 2.33 bits per heavy atom. The van der Waals surface area contributed by atoms with Crippen LogP contribution in [0.15, 0.2) is 0 Å². The van der Waals surface area contributed by atoms with Gasteiger partial charge < -0.3 is 10.2 Å². The van der Waals surface area contributed by atoms with Gasteiger partial charge in [0.05, 0.1) is 5.88 Å². The van der Waals surface area contributed by atoms with Crippen LogP contribution in [0.4, 0.5) is 0 Å². The molecule has 52 valence electrons. The third-order valence-electron chi connectivity index (χ3n) is 1.09. The molecule has 0 aromatic rings. The van der Waals surface area contributed by atoms with Crippen LogP contribution in [0.2, 0.25) is 0 Å².